The predicted octanol–water partition coefficient (Wildman–Crippen LogP) is 2.13. The molecule has 5 nitrogen and oxygen atoms in total. The fraction of sp³-hybridized carbons (Fsp3) is 0.714. The molecule has 1 unspecified atom stereocenters. The molecule has 2 heterocycles. The molecule has 2 bridgehead atoms. The maximum absolute atomic E-state index is 12.1. The lowest BCUT2D eigenvalue weighted by molar-refractivity contribution is -0.209. The van der Waals surface area contributed by atoms with Crippen molar-refractivity contribution in [3.05, 3.63) is 23.3 Å². The summed E-state index contributed by atoms with van der Waals surface area (Å²) in [4.78, 5) is 2.53. The van der Waals surface area contributed by atoms with Crippen LogP contribution in [0, 0.1) is 5.92 Å². The molecular formula is C21H28ClNO4. The van der Waals surface area contributed by atoms with Crippen LogP contribution >= 0.6 is 12.4 Å². The molecule has 1 aromatic carbocycles. The number of nitrogens with zero attached hydrogens (tertiary/aromatic N) is 1. The number of benzene rings is 1. The Balaban J connectivity index is 0.00000160. The van der Waals surface area contributed by atoms with Gasteiger partial charge >= 0.3 is 0 Å². The molecule has 3 fully saturated rings. The molecule has 1 aromatic rings. The van der Waals surface area contributed by atoms with E-state index >= 15 is 0 Å². The van der Waals surface area contributed by atoms with E-state index < -0.39 is 23.2 Å². The fourth-order valence-corrected chi connectivity index (χ4v) is 6.83. The van der Waals surface area contributed by atoms with Gasteiger partial charge in [0.05, 0.1) is 17.1 Å². The van der Waals surface area contributed by atoms with Gasteiger partial charge in [0, 0.05) is 18.2 Å². The Kier molecular flexibility index (Phi) is 3.85. The van der Waals surface area contributed by atoms with Gasteiger partial charge in [0.25, 0.3) is 0 Å². The van der Waals surface area contributed by atoms with Crippen LogP contribution in [-0.4, -0.2) is 57.2 Å². The van der Waals surface area contributed by atoms with Gasteiger partial charge in [-0.25, -0.2) is 0 Å². The lowest BCUT2D eigenvalue weighted by atomic mass is 9.48. The van der Waals surface area contributed by atoms with Gasteiger partial charge in [0.1, 0.15) is 6.10 Å². The number of hydrogen-bond donors (Lipinski definition) is 3. The van der Waals surface area contributed by atoms with Gasteiger partial charge in [-0.3, -0.25) is 4.90 Å². The normalized spacial score (nSPS) is 41.9. The van der Waals surface area contributed by atoms with Gasteiger partial charge in [0.2, 0.25) is 0 Å². The van der Waals surface area contributed by atoms with E-state index in [1.165, 1.54) is 24.8 Å². The number of phenols is 1. The number of halogens is 1. The van der Waals surface area contributed by atoms with Crippen molar-refractivity contribution in [2.24, 2.45) is 5.92 Å². The van der Waals surface area contributed by atoms with Crippen LogP contribution in [0.1, 0.15) is 49.7 Å². The number of aromatic hydroxyl groups is 1. The lowest BCUT2D eigenvalue weighted by Crippen LogP contribution is -2.77. The van der Waals surface area contributed by atoms with Crippen molar-refractivity contribution in [3.8, 4) is 11.5 Å². The second-order valence-corrected chi connectivity index (χ2v) is 9.25. The largest absolute Gasteiger partial charge is 0.504 e. The Morgan fingerprint density at radius 3 is 2.74 bits per heavy atom. The summed E-state index contributed by atoms with van der Waals surface area (Å²) in [6, 6.07) is 3.80. The number of ether oxygens (including phenoxy) is 1. The van der Waals surface area contributed by atoms with Crippen molar-refractivity contribution in [1.29, 1.82) is 0 Å². The van der Waals surface area contributed by atoms with Crippen LogP contribution in [0.4, 0.5) is 0 Å². The van der Waals surface area contributed by atoms with E-state index in [4.69, 9.17) is 4.74 Å². The first-order valence-corrected chi connectivity index (χ1v) is 10.2. The quantitative estimate of drug-likeness (QED) is 0.717. The van der Waals surface area contributed by atoms with Crippen molar-refractivity contribution in [2.75, 3.05) is 13.1 Å². The molecule has 1 spiro atoms. The van der Waals surface area contributed by atoms with Crippen LogP contribution in [0.2, 0.25) is 0 Å². The number of rotatable bonds is 2. The minimum atomic E-state index is -0.884. The zero-order chi connectivity index (χ0) is 17.7. The standard InChI is InChI=1S/C21H27NO4.ClH/c23-14-5-4-13-10-16-21(25)7-6-15(24)19-20(21,17(13)18(14)26-19)8-9-22(16)11-12-2-1-3-12;/h4-5,12,15-16,19,23-25H,1-3,6-11H2;1H/t15-,16+,19?,20-,21+;/m0./s1. The van der Waals surface area contributed by atoms with E-state index in [1.807, 2.05) is 6.07 Å². The molecule has 5 atom stereocenters. The van der Waals surface area contributed by atoms with Gasteiger partial charge in [-0.1, -0.05) is 12.5 Å². The first-order valence-electron chi connectivity index (χ1n) is 10.2. The smallest absolute Gasteiger partial charge is 0.165 e. The highest BCUT2D eigenvalue weighted by Gasteiger charge is 2.72. The maximum atomic E-state index is 12.1. The van der Waals surface area contributed by atoms with Crippen LogP contribution in [-0.2, 0) is 11.8 Å². The van der Waals surface area contributed by atoms with Crippen molar-refractivity contribution in [2.45, 2.75) is 74.2 Å². The highest BCUT2D eigenvalue weighted by molar-refractivity contribution is 5.85. The van der Waals surface area contributed by atoms with E-state index in [2.05, 4.69) is 4.90 Å². The summed E-state index contributed by atoms with van der Waals surface area (Å²) in [6.45, 7) is 2.02. The molecule has 148 valence electrons. The first-order chi connectivity index (χ1) is 12.5. The Hall–Kier alpha value is -1.01. The molecule has 6 heteroatoms. The summed E-state index contributed by atoms with van der Waals surface area (Å²) in [5, 5.41) is 33.2. The maximum Gasteiger partial charge on any atom is 0.165 e. The van der Waals surface area contributed by atoms with E-state index in [-0.39, 0.29) is 24.2 Å². The highest BCUT2D eigenvalue weighted by atomic mass is 35.5. The summed E-state index contributed by atoms with van der Waals surface area (Å²) in [5.74, 6) is 1.42. The summed E-state index contributed by atoms with van der Waals surface area (Å²) in [6.07, 6.45) is 5.68. The number of aliphatic hydroxyl groups excluding tert-OH is 1. The third-order valence-electron chi connectivity index (χ3n) is 8.26. The van der Waals surface area contributed by atoms with Gasteiger partial charge < -0.3 is 20.1 Å². The molecular weight excluding hydrogens is 366 g/mol. The third-order valence-corrected chi connectivity index (χ3v) is 8.26. The van der Waals surface area contributed by atoms with Crippen molar-refractivity contribution in [1.82, 2.24) is 4.90 Å². The minimum Gasteiger partial charge on any atom is -0.504 e. The Labute approximate surface area is 165 Å². The number of hydrogen-bond acceptors (Lipinski definition) is 5. The monoisotopic (exact) mass is 393 g/mol. The van der Waals surface area contributed by atoms with Gasteiger partial charge in [-0.05, 0) is 62.6 Å². The molecule has 3 aliphatic carbocycles. The fourth-order valence-electron chi connectivity index (χ4n) is 6.83. The number of phenolic OH excluding ortho intramolecular Hbond substituents is 1. The van der Waals surface area contributed by atoms with Gasteiger partial charge in [0.15, 0.2) is 11.5 Å². The van der Waals surface area contributed by atoms with Crippen LogP contribution < -0.4 is 4.74 Å². The van der Waals surface area contributed by atoms with Crippen molar-refractivity contribution >= 4 is 12.4 Å². The second-order valence-electron chi connectivity index (χ2n) is 9.25. The molecule has 1 saturated heterocycles. The minimum absolute atomic E-state index is 0. The van der Waals surface area contributed by atoms with Crippen molar-refractivity contribution < 1.29 is 20.1 Å². The van der Waals surface area contributed by atoms with Crippen LogP contribution in [0.5, 0.6) is 11.5 Å². The van der Waals surface area contributed by atoms with E-state index in [0.29, 0.717) is 18.6 Å². The summed E-state index contributed by atoms with van der Waals surface area (Å²) in [7, 11) is 0. The van der Waals surface area contributed by atoms with Crippen LogP contribution in [0.15, 0.2) is 12.1 Å². The van der Waals surface area contributed by atoms with Crippen LogP contribution in [0.3, 0.4) is 0 Å². The predicted molar refractivity (Wildman–Crippen MR) is 103 cm³/mol. The summed E-state index contributed by atoms with van der Waals surface area (Å²) >= 11 is 0. The molecule has 3 N–H and O–H groups in total. The molecule has 2 aliphatic heterocycles. The topological polar surface area (TPSA) is 73.2 Å². The molecule has 0 aromatic heterocycles. The number of piperidine rings is 1. The summed E-state index contributed by atoms with van der Waals surface area (Å²) < 4.78 is 6.16. The van der Waals surface area contributed by atoms with Gasteiger partial charge in [-0.15, -0.1) is 12.4 Å². The Morgan fingerprint density at radius 2 is 2.00 bits per heavy atom. The zero-order valence-electron chi connectivity index (χ0n) is 15.4. The molecule has 5 aliphatic rings. The molecule has 2 saturated carbocycles. The van der Waals surface area contributed by atoms with E-state index in [0.717, 1.165) is 37.4 Å². The Morgan fingerprint density at radius 1 is 1.19 bits per heavy atom. The molecule has 0 radical (unpaired) electrons. The lowest BCUT2D eigenvalue weighted by Gasteiger charge is -2.64. The average Bonchev–Trinajstić information content (AvgIpc) is 2.93. The number of aliphatic hydroxyl groups is 2. The Bertz CT molecular complexity index is 784. The zero-order valence-corrected chi connectivity index (χ0v) is 16.2. The first kappa shape index (κ1) is 18.0. The van der Waals surface area contributed by atoms with Gasteiger partial charge in [-0.2, -0.15) is 0 Å². The molecule has 0 amide bonds. The van der Waals surface area contributed by atoms with Crippen molar-refractivity contribution in [3.63, 3.8) is 0 Å². The summed E-state index contributed by atoms with van der Waals surface area (Å²) in [5.41, 5.74) is 0.712. The van der Waals surface area contributed by atoms with E-state index in [9.17, 15) is 15.3 Å². The van der Waals surface area contributed by atoms with E-state index in [1.54, 1.807) is 6.07 Å². The SMILES string of the molecule is Cl.Oc1ccc2c3c1OC1[C@@H](O)CC[C@@]4(O)[C@@H](C2)N(CC2CCC2)CC[C@]314. The second kappa shape index (κ2) is 5.76. The third kappa shape index (κ3) is 2.01. The van der Waals surface area contributed by atoms with Crippen LogP contribution in [0.25, 0.3) is 0 Å². The molecule has 27 heavy (non-hydrogen) atoms. The highest BCUT2D eigenvalue weighted by Crippen LogP contribution is 2.65. The number of likely N-dealkylation sites (tertiary alicyclic amines) is 1. The average molecular weight is 394 g/mol. The molecule has 6 rings (SSSR count).